The SMILES string of the molecule is CO[C@H]1N([C@H]2CC(F)[C@@H](CO)O2)C(=O)NC(=O)[C@]1(C)Br. The van der Waals surface area contributed by atoms with Gasteiger partial charge in [0.2, 0.25) is 5.91 Å². The molecule has 20 heavy (non-hydrogen) atoms. The van der Waals surface area contributed by atoms with Crippen LogP contribution in [0.1, 0.15) is 13.3 Å². The van der Waals surface area contributed by atoms with Crippen LogP contribution < -0.4 is 5.32 Å². The second-order valence-corrected chi connectivity index (χ2v) is 6.54. The Bertz CT molecular complexity index is 422. The van der Waals surface area contributed by atoms with E-state index in [0.717, 1.165) is 4.90 Å². The molecule has 2 fully saturated rings. The Balaban J connectivity index is 2.25. The molecule has 0 saturated carbocycles. The molecular weight excluding hydrogens is 339 g/mol. The van der Waals surface area contributed by atoms with Crippen molar-refractivity contribution < 1.29 is 28.6 Å². The number of imide groups is 1. The van der Waals surface area contributed by atoms with Crippen molar-refractivity contribution in [1.82, 2.24) is 10.2 Å². The maximum Gasteiger partial charge on any atom is 0.328 e. The molecule has 2 aliphatic heterocycles. The standard InChI is InChI=1S/C11H16BrFN2O5/c1-11(12)8(17)14-10(18)15(9(11)19-2)7-3-5(13)6(4-16)20-7/h5-7,9,16H,3-4H2,1-2H3,(H,14,17,18)/t5?,6-,7-,9-,11+/m1/s1. The van der Waals surface area contributed by atoms with E-state index < -0.39 is 47.6 Å². The van der Waals surface area contributed by atoms with Crippen molar-refractivity contribution in [2.24, 2.45) is 0 Å². The highest BCUT2D eigenvalue weighted by atomic mass is 79.9. The van der Waals surface area contributed by atoms with Gasteiger partial charge in [0.15, 0.2) is 6.23 Å². The lowest BCUT2D eigenvalue weighted by Gasteiger charge is -2.44. The van der Waals surface area contributed by atoms with Gasteiger partial charge >= 0.3 is 6.03 Å². The van der Waals surface area contributed by atoms with Crippen LogP contribution in [0.3, 0.4) is 0 Å². The summed E-state index contributed by atoms with van der Waals surface area (Å²) in [5.74, 6) is -0.542. The summed E-state index contributed by atoms with van der Waals surface area (Å²) < 4.78 is 23.0. The fraction of sp³-hybridized carbons (Fsp3) is 0.818. The number of urea groups is 1. The summed E-state index contributed by atoms with van der Waals surface area (Å²) in [6.07, 6.45) is -4.30. The minimum absolute atomic E-state index is 0.0875. The summed E-state index contributed by atoms with van der Waals surface area (Å²) >= 11 is 3.22. The molecule has 7 nitrogen and oxygen atoms in total. The van der Waals surface area contributed by atoms with Crippen LogP contribution in [0, 0.1) is 0 Å². The molecular formula is C11H16BrFN2O5. The van der Waals surface area contributed by atoms with Gasteiger partial charge in [-0.25, -0.2) is 9.18 Å². The van der Waals surface area contributed by atoms with Crippen molar-refractivity contribution in [3.63, 3.8) is 0 Å². The van der Waals surface area contributed by atoms with Crippen LogP contribution in [0.2, 0.25) is 0 Å². The van der Waals surface area contributed by atoms with Gasteiger partial charge in [-0.15, -0.1) is 0 Å². The number of carbonyl (C=O) groups is 2. The molecule has 2 N–H and O–H groups in total. The maximum atomic E-state index is 13.7. The zero-order valence-electron chi connectivity index (χ0n) is 11.0. The number of ether oxygens (including phenoxy) is 2. The average Bonchev–Trinajstić information content (AvgIpc) is 2.74. The first kappa shape index (κ1) is 15.6. The van der Waals surface area contributed by atoms with Crippen LogP contribution in [0.5, 0.6) is 0 Å². The number of methoxy groups -OCH3 is 1. The molecule has 114 valence electrons. The number of aliphatic hydroxyl groups excluding tert-OH is 1. The van der Waals surface area contributed by atoms with Crippen molar-refractivity contribution >= 4 is 27.9 Å². The topological polar surface area (TPSA) is 88.1 Å². The molecule has 0 aliphatic carbocycles. The van der Waals surface area contributed by atoms with Crippen molar-refractivity contribution in [2.75, 3.05) is 13.7 Å². The molecule has 9 heteroatoms. The summed E-state index contributed by atoms with van der Waals surface area (Å²) in [5.41, 5.74) is 0. The highest BCUT2D eigenvalue weighted by Gasteiger charge is 2.54. The third-order valence-electron chi connectivity index (χ3n) is 3.49. The molecule has 0 aromatic heterocycles. The van der Waals surface area contributed by atoms with Crippen LogP contribution in [0.25, 0.3) is 0 Å². The van der Waals surface area contributed by atoms with E-state index in [1.54, 1.807) is 6.92 Å². The van der Waals surface area contributed by atoms with Crippen molar-refractivity contribution in [3.8, 4) is 0 Å². The summed E-state index contributed by atoms with van der Waals surface area (Å²) in [4.78, 5) is 24.9. The molecule has 2 aliphatic rings. The van der Waals surface area contributed by atoms with Crippen LogP contribution in [-0.2, 0) is 14.3 Å². The Hall–Kier alpha value is -0.770. The van der Waals surface area contributed by atoms with E-state index in [2.05, 4.69) is 21.2 Å². The highest BCUT2D eigenvalue weighted by Crippen LogP contribution is 2.35. The first-order valence-electron chi connectivity index (χ1n) is 6.08. The van der Waals surface area contributed by atoms with Gasteiger partial charge < -0.3 is 14.6 Å². The zero-order chi connectivity index (χ0) is 15.1. The highest BCUT2D eigenvalue weighted by molar-refractivity contribution is 9.10. The molecule has 2 heterocycles. The van der Waals surface area contributed by atoms with E-state index in [4.69, 9.17) is 14.6 Å². The minimum Gasteiger partial charge on any atom is -0.394 e. The van der Waals surface area contributed by atoms with E-state index in [0.29, 0.717) is 0 Å². The number of alkyl halides is 2. The summed E-state index contributed by atoms with van der Waals surface area (Å²) in [7, 11) is 1.34. The van der Waals surface area contributed by atoms with Gasteiger partial charge in [-0.2, -0.15) is 0 Å². The Kier molecular flexibility index (Phi) is 4.33. The van der Waals surface area contributed by atoms with Gasteiger partial charge in [0, 0.05) is 13.5 Å². The molecule has 0 spiro atoms. The van der Waals surface area contributed by atoms with Crippen molar-refractivity contribution in [3.05, 3.63) is 0 Å². The smallest absolute Gasteiger partial charge is 0.328 e. The van der Waals surface area contributed by atoms with Crippen LogP contribution in [0.15, 0.2) is 0 Å². The zero-order valence-corrected chi connectivity index (χ0v) is 12.6. The Morgan fingerprint density at radius 2 is 2.30 bits per heavy atom. The molecule has 5 atom stereocenters. The van der Waals surface area contributed by atoms with Gasteiger partial charge in [0.25, 0.3) is 0 Å². The van der Waals surface area contributed by atoms with E-state index in [-0.39, 0.29) is 6.42 Å². The summed E-state index contributed by atoms with van der Waals surface area (Å²) in [6.45, 7) is 1.07. The van der Waals surface area contributed by atoms with E-state index in [9.17, 15) is 14.0 Å². The quantitative estimate of drug-likeness (QED) is 0.702. The van der Waals surface area contributed by atoms with Crippen molar-refractivity contribution in [2.45, 2.75) is 42.4 Å². The van der Waals surface area contributed by atoms with E-state index >= 15 is 0 Å². The van der Waals surface area contributed by atoms with Crippen LogP contribution in [-0.4, -0.2) is 64.7 Å². The predicted octanol–water partition coefficient (Wildman–Crippen LogP) is 0.110. The molecule has 2 saturated heterocycles. The Labute approximate surface area is 123 Å². The third kappa shape index (κ3) is 2.43. The number of rotatable bonds is 3. The molecule has 0 aromatic carbocycles. The lowest BCUT2D eigenvalue weighted by atomic mass is 10.0. The average molecular weight is 355 g/mol. The number of carbonyl (C=O) groups excluding carboxylic acids is 2. The summed E-state index contributed by atoms with van der Waals surface area (Å²) in [6, 6.07) is -0.713. The van der Waals surface area contributed by atoms with Gasteiger partial charge in [0.05, 0.1) is 6.61 Å². The number of nitrogens with zero attached hydrogens (tertiary/aromatic N) is 1. The summed E-state index contributed by atoms with van der Waals surface area (Å²) in [5, 5.41) is 11.2. The normalized spacial score (nSPS) is 42.0. The van der Waals surface area contributed by atoms with Gasteiger partial charge in [-0.05, 0) is 6.92 Å². The number of amides is 3. The van der Waals surface area contributed by atoms with Gasteiger partial charge in [0.1, 0.15) is 22.8 Å². The first-order valence-corrected chi connectivity index (χ1v) is 6.88. The number of hydrogen-bond donors (Lipinski definition) is 2. The number of halogens is 2. The second kappa shape index (κ2) is 5.55. The van der Waals surface area contributed by atoms with Crippen LogP contribution >= 0.6 is 15.9 Å². The Morgan fingerprint density at radius 3 is 2.80 bits per heavy atom. The van der Waals surface area contributed by atoms with Crippen LogP contribution in [0.4, 0.5) is 9.18 Å². The predicted molar refractivity (Wildman–Crippen MR) is 68.8 cm³/mol. The van der Waals surface area contributed by atoms with E-state index in [1.165, 1.54) is 7.11 Å². The second-order valence-electron chi connectivity index (χ2n) is 4.89. The van der Waals surface area contributed by atoms with Crippen molar-refractivity contribution in [1.29, 1.82) is 0 Å². The molecule has 0 radical (unpaired) electrons. The van der Waals surface area contributed by atoms with E-state index in [1.807, 2.05) is 0 Å². The first-order chi connectivity index (χ1) is 9.32. The molecule has 2 rings (SSSR count). The Morgan fingerprint density at radius 1 is 1.65 bits per heavy atom. The third-order valence-corrected chi connectivity index (χ3v) is 4.24. The monoisotopic (exact) mass is 354 g/mol. The minimum atomic E-state index is -1.38. The fourth-order valence-corrected chi connectivity index (χ4v) is 2.91. The van der Waals surface area contributed by atoms with Gasteiger partial charge in [-0.1, -0.05) is 15.9 Å². The van der Waals surface area contributed by atoms with Gasteiger partial charge in [-0.3, -0.25) is 15.0 Å². The molecule has 0 bridgehead atoms. The molecule has 1 unspecified atom stereocenters. The number of aliphatic hydroxyl groups is 1. The largest absolute Gasteiger partial charge is 0.394 e. The molecule has 0 aromatic rings. The maximum absolute atomic E-state index is 13.7. The number of nitrogens with one attached hydrogen (secondary N) is 1. The number of hydrogen-bond acceptors (Lipinski definition) is 5. The fourth-order valence-electron chi connectivity index (χ4n) is 2.40. The molecule has 3 amide bonds. The lowest BCUT2D eigenvalue weighted by Crippen LogP contribution is -2.69. The lowest BCUT2D eigenvalue weighted by molar-refractivity contribution is -0.153.